The van der Waals surface area contributed by atoms with Crippen LogP contribution in [0.25, 0.3) is 0 Å². The maximum Gasteiger partial charge on any atom is 0.290 e. The van der Waals surface area contributed by atoms with Gasteiger partial charge < -0.3 is 24.6 Å². The van der Waals surface area contributed by atoms with Crippen molar-refractivity contribution in [3.05, 3.63) is 65.5 Å². The molecular weight excluding hydrogens is 417 g/mol. The predicted octanol–water partition coefficient (Wildman–Crippen LogP) is 3.42. The first kappa shape index (κ1) is 23.7. The highest BCUT2D eigenvalue weighted by Crippen LogP contribution is 2.43. The van der Waals surface area contributed by atoms with Gasteiger partial charge in [-0.05, 0) is 30.5 Å². The Kier molecular flexibility index (Phi) is 7.82. The highest BCUT2D eigenvalue weighted by molar-refractivity contribution is 5.97. The Labute approximate surface area is 186 Å². The van der Waals surface area contributed by atoms with Gasteiger partial charge in [0, 0.05) is 25.9 Å². The molecule has 0 radical (unpaired) electrons. The SMILES string of the molecule is COc1cccc(F)c1C(=O)N1CCC2(CC1)C[C@H](O)C[C@H](c1ccccc1)O2.O=CO. The highest BCUT2D eigenvalue weighted by Gasteiger charge is 2.44. The van der Waals surface area contributed by atoms with Gasteiger partial charge in [-0.1, -0.05) is 36.4 Å². The molecule has 2 fully saturated rings. The predicted molar refractivity (Wildman–Crippen MR) is 115 cm³/mol. The number of hydrogen-bond acceptors (Lipinski definition) is 5. The number of aliphatic hydroxyl groups excluding tert-OH is 1. The second kappa shape index (κ2) is 10.6. The quantitative estimate of drug-likeness (QED) is 0.703. The van der Waals surface area contributed by atoms with E-state index in [1.165, 1.54) is 19.2 Å². The van der Waals surface area contributed by atoms with Crippen LogP contribution in [0, 0.1) is 5.82 Å². The normalized spacial score (nSPS) is 21.9. The van der Waals surface area contributed by atoms with Crippen molar-refractivity contribution in [1.82, 2.24) is 4.90 Å². The molecule has 2 heterocycles. The molecule has 1 amide bonds. The molecule has 0 bridgehead atoms. The molecule has 0 unspecified atom stereocenters. The van der Waals surface area contributed by atoms with Crippen LogP contribution in [0.15, 0.2) is 48.5 Å². The second-order valence-corrected chi connectivity index (χ2v) is 8.01. The van der Waals surface area contributed by atoms with Crippen molar-refractivity contribution in [2.24, 2.45) is 0 Å². The average Bonchev–Trinajstić information content (AvgIpc) is 2.79. The number of carboxylic acid groups (broad SMARTS) is 1. The van der Waals surface area contributed by atoms with Gasteiger partial charge in [-0.2, -0.15) is 0 Å². The molecule has 4 rings (SSSR count). The maximum absolute atomic E-state index is 14.3. The van der Waals surface area contributed by atoms with Gasteiger partial charge in [0.1, 0.15) is 17.1 Å². The number of benzene rings is 2. The van der Waals surface area contributed by atoms with Crippen molar-refractivity contribution in [3.8, 4) is 5.75 Å². The third kappa shape index (κ3) is 5.26. The van der Waals surface area contributed by atoms with Crippen LogP contribution in [0.4, 0.5) is 4.39 Å². The van der Waals surface area contributed by atoms with E-state index in [4.69, 9.17) is 19.4 Å². The summed E-state index contributed by atoms with van der Waals surface area (Å²) >= 11 is 0. The topological polar surface area (TPSA) is 96.3 Å². The molecule has 7 nitrogen and oxygen atoms in total. The Bertz CT molecular complexity index is 914. The van der Waals surface area contributed by atoms with Gasteiger partial charge in [-0.15, -0.1) is 0 Å². The van der Waals surface area contributed by atoms with E-state index < -0.39 is 17.5 Å². The number of likely N-dealkylation sites (tertiary alicyclic amines) is 1. The van der Waals surface area contributed by atoms with Crippen LogP contribution in [0.5, 0.6) is 5.75 Å². The molecule has 2 atom stereocenters. The van der Waals surface area contributed by atoms with Crippen LogP contribution in [0.2, 0.25) is 0 Å². The van der Waals surface area contributed by atoms with Crippen molar-refractivity contribution in [2.45, 2.75) is 43.5 Å². The van der Waals surface area contributed by atoms with E-state index in [0.29, 0.717) is 38.8 Å². The Hall–Kier alpha value is -2.97. The minimum atomic E-state index is -0.580. The first-order chi connectivity index (χ1) is 15.4. The Morgan fingerprint density at radius 2 is 1.84 bits per heavy atom. The lowest BCUT2D eigenvalue weighted by Gasteiger charge is -2.48. The fraction of sp³-hybridized carbons (Fsp3) is 0.417. The van der Waals surface area contributed by atoms with Crippen LogP contribution in [0.3, 0.4) is 0 Å². The van der Waals surface area contributed by atoms with Crippen LogP contribution < -0.4 is 4.74 Å². The molecular formula is C24H28FNO6. The van der Waals surface area contributed by atoms with E-state index in [1.807, 2.05) is 30.3 Å². The number of halogens is 1. The molecule has 0 aromatic heterocycles. The van der Waals surface area contributed by atoms with Gasteiger partial charge >= 0.3 is 0 Å². The number of carbonyl (C=O) groups excluding carboxylic acids is 1. The van der Waals surface area contributed by atoms with E-state index in [0.717, 1.165) is 5.56 Å². The molecule has 2 aliphatic rings. The largest absolute Gasteiger partial charge is 0.496 e. The standard InChI is InChI=1S/C23H26FNO4.CH2O2/c1-28-19-9-5-8-18(24)21(19)22(27)25-12-10-23(11-13-25)15-17(26)14-20(29-23)16-6-3-2-4-7-16;2-1-3/h2-9,17,20,26H,10-15H2,1H3;1H,(H,2,3)/t17-,20-;/m1./s1. The van der Waals surface area contributed by atoms with Gasteiger partial charge in [-0.25, -0.2) is 4.39 Å². The van der Waals surface area contributed by atoms with E-state index in [1.54, 1.807) is 11.0 Å². The average molecular weight is 445 g/mol. The molecule has 2 aromatic carbocycles. The first-order valence-corrected chi connectivity index (χ1v) is 10.5. The van der Waals surface area contributed by atoms with Gasteiger partial charge in [-0.3, -0.25) is 9.59 Å². The summed E-state index contributed by atoms with van der Waals surface area (Å²) in [4.78, 5) is 22.9. The van der Waals surface area contributed by atoms with Crippen LogP contribution in [-0.2, 0) is 9.53 Å². The minimum Gasteiger partial charge on any atom is -0.496 e. The number of amides is 1. The van der Waals surface area contributed by atoms with Crippen molar-refractivity contribution in [3.63, 3.8) is 0 Å². The number of nitrogens with zero attached hydrogens (tertiary/aromatic N) is 1. The molecule has 2 N–H and O–H groups in total. The molecule has 1 spiro atoms. The second-order valence-electron chi connectivity index (χ2n) is 8.01. The monoisotopic (exact) mass is 445 g/mol. The minimum absolute atomic E-state index is 0.0299. The third-order valence-electron chi connectivity index (χ3n) is 6.03. The van der Waals surface area contributed by atoms with E-state index >= 15 is 0 Å². The molecule has 0 saturated carbocycles. The third-order valence-corrected chi connectivity index (χ3v) is 6.03. The van der Waals surface area contributed by atoms with Crippen LogP contribution >= 0.6 is 0 Å². The van der Waals surface area contributed by atoms with Gasteiger partial charge in [0.25, 0.3) is 12.4 Å². The molecule has 2 aliphatic heterocycles. The summed E-state index contributed by atoms with van der Waals surface area (Å²) in [6.45, 7) is 0.648. The summed E-state index contributed by atoms with van der Waals surface area (Å²) in [5.74, 6) is -0.711. The number of aliphatic hydroxyl groups is 1. The zero-order chi connectivity index (χ0) is 23.1. The smallest absolute Gasteiger partial charge is 0.290 e. The number of hydrogen-bond donors (Lipinski definition) is 2. The summed E-state index contributed by atoms with van der Waals surface area (Å²) in [7, 11) is 1.43. The number of rotatable bonds is 3. The lowest BCUT2D eigenvalue weighted by Crippen LogP contribution is -2.52. The molecule has 8 heteroatoms. The molecule has 2 saturated heterocycles. The summed E-state index contributed by atoms with van der Waals surface area (Å²) in [6.07, 6.45) is 1.74. The molecule has 0 aliphatic carbocycles. The lowest BCUT2D eigenvalue weighted by molar-refractivity contribution is -0.181. The summed E-state index contributed by atoms with van der Waals surface area (Å²) in [5.41, 5.74) is 0.562. The summed E-state index contributed by atoms with van der Waals surface area (Å²) < 4.78 is 26.0. The Morgan fingerprint density at radius 1 is 1.19 bits per heavy atom. The number of carbonyl (C=O) groups is 2. The van der Waals surface area contributed by atoms with Crippen LogP contribution in [-0.4, -0.2) is 59.4 Å². The van der Waals surface area contributed by atoms with Gasteiger partial charge in [0.05, 0.1) is 24.9 Å². The zero-order valence-electron chi connectivity index (χ0n) is 17.9. The highest BCUT2D eigenvalue weighted by atomic mass is 19.1. The van der Waals surface area contributed by atoms with Crippen molar-refractivity contribution in [1.29, 1.82) is 0 Å². The van der Waals surface area contributed by atoms with Crippen LogP contribution in [0.1, 0.15) is 47.7 Å². The van der Waals surface area contributed by atoms with Crippen molar-refractivity contribution in [2.75, 3.05) is 20.2 Å². The van der Waals surface area contributed by atoms with Gasteiger partial charge in [0.2, 0.25) is 0 Å². The fourth-order valence-corrected chi connectivity index (χ4v) is 4.51. The summed E-state index contributed by atoms with van der Waals surface area (Å²) in [6, 6.07) is 14.3. The Balaban J connectivity index is 0.000000913. The maximum atomic E-state index is 14.3. The number of ether oxygens (including phenoxy) is 2. The fourth-order valence-electron chi connectivity index (χ4n) is 4.51. The van der Waals surface area contributed by atoms with E-state index in [-0.39, 0.29) is 29.8 Å². The molecule has 172 valence electrons. The van der Waals surface area contributed by atoms with E-state index in [2.05, 4.69) is 0 Å². The molecule has 32 heavy (non-hydrogen) atoms. The van der Waals surface area contributed by atoms with Crippen molar-refractivity contribution >= 4 is 12.4 Å². The number of methoxy groups -OCH3 is 1. The summed E-state index contributed by atoms with van der Waals surface area (Å²) in [5, 5.41) is 17.4. The van der Waals surface area contributed by atoms with Gasteiger partial charge in [0.15, 0.2) is 0 Å². The Morgan fingerprint density at radius 3 is 2.47 bits per heavy atom. The van der Waals surface area contributed by atoms with E-state index in [9.17, 15) is 14.3 Å². The first-order valence-electron chi connectivity index (χ1n) is 10.5. The molecule has 2 aromatic rings. The number of piperidine rings is 1. The lowest BCUT2D eigenvalue weighted by atomic mass is 9.80. The van der Waals surface area contributed by atoms with Crippen molar-refractivity contribution < 1.29 is 33.7 Å². The zero-order valence-corrected chi connectivity index (χ0v) is 17.9.